The van der Waals surface area contributed by atoms with Crippen molar-refractivity contribution in [3.8, 4) is 0 Å². The van der Waals surface area contributed by atoms with Gasteiger partial charge in [-0.25, -0.2) is 22.2 Å². The van der Waals surface area contributed by atoms with Crippen LogP contribution in [-0.4, -0.2) is 29.7 Å². The Morgan fingerprint density at radius 3 is 2.68 bits per heavy atom. The van der Waals surface area contributed by atoms with Gasteiger partial charge in [-0.2, -0.15) is 4.31 Å². The monoisotopic (exact) mass is 287 g/mol. The third kappa shape index (κ3) is 2.79. The first-order chi connectivity index (χ1) is 8.91. The number of sulfonamides is 1. The summed E-state index contributed by atoms with van der Waals surface area (Å²) in [4.78, 5) is 6.06. The first kappa shape index (κ1) is 13.6. The van der Waals surface area contributed by atoms with Crippen molar-refractivity contribution in [2.24, 2.45) is 0 Å². The summed E-state index contributed by atoms with van der Waals surface area (Å²) in [7, 11) is -2.74. The molecule has 0 atom stereocenters. The smallest absolute Gasteiger partial charge is 0.246 e. The molecule has 0 radical (unpaired) electrons. The van der Waals surface area contributed by atoms with Crippen LogP contribution in [0.2, 0.25) is 0 Å². The molecule has 0 spiro atoms. The Morgan fingerprint density at radius 1 is 1.37 bits per heavy atom. The summed E-state index contributed by atoms with van der Waals surface area (Å²) in [6, 6.07) is 2.34. The highest BCUT2D eigenvalue weighted by Crippen LogP contribution is 2.20. The molecule has 0 fully saturated rings. The number of halogens is 2. The molecule has 1 aromatic heterocycles. The van der Waals surface area contributed by atoms with Crippen LogP contribution in [0.25, 0.3) is 0 Å². The van der Waals surface area contributed by atoms with Gasteiger partial charge in [0.05, 0.1) is 6.54 Å². The van der Waals surface area contributed by atoms with Crippen LogP contribution in [0.5, 0.6) is 0 Å². The van der Waals surface area contributed by atoms with E-state index in [0.29, 0.717) is 11.9 Å². The molecule has 1 heterocycles. The van der Waals surface area contributed by atoms with Gasteiger partial charge < -0.3 is 4.98 Å². The Labute approximate surface area is 108 Å². The van der Waals surface area contributed by atoms with Crippen LogP contribution in [0, 0.1) is 11.6 Å². The largest absolute Gasteiger partial charge is 0.347 e. The standard InChI is InChI=1S/C11H11F2N3O2S/c1-16(7-11-14-4-5-15-11)19(17,18)10-3-2-8(12)6-9(10)13/h2-6H,7H2,1H3,(H,14,15). The Balaban J connectivity index is 2.31. The Morgan fingerprint density at radius 2 is 2.11 bits per heavy atom. The maximum absolute atomic E-state index is 13.5. The van der Waals surface area contributed by atoms with E-state index in [1.165, 1.54) is 13.2 Å². The van der Waals surface area contributed by atoms with Crippen molar-refractivity contribution in [3.05, 3.63) is 48.1 Å². The molecule has 0 saturated carbocycles. The molecule has 102 valence electrons. The molecule has 0 unspecified atom stereocenters. The third-order valence-electron chi connectivity index (χ3n) is 2.51. The zero-order chi connectivity index (χ0) is 14.0. The minimum Gasteiger partial charge on any atom is -0.347 e. The number of hydrogen-bond acceptors (Lipinski definition) is 3. The lowest BCUT2D eigenvalue weighted by Crippen LogP contribution is -2.27. The summed E-state index contributed by atoms with van der Waals surface area (Å²) in [6.45, 7) is -0.0356. The number of nitrogens with one attached hydrogen (secondary N) is 1. The lowest BCUT2D eigenvalue weighted by molar-refractivity contribution is 0.451. The second kappa shape index (κ2) is 5.06. The van der Waals surface area contributed by atoms with E-state index < -0.39 is 26.6 Å². The number of imidazole rings is 1. The number of aromatic nitrogens is 2. The van der Waals surface area contributed by atoms with Gasteiger partial charge in [0.1, 0.15) is 22.4 Å². The van der Waals surface area contributed by atoms with E-state index in [0.717, 1.165) is 16.4 Å². The van der Waals surface area contributed by atoms with Gasteiger partial charge in [-0.15, -0.1) is 0 Å². The molecule has 2 rings (SSSR count). The molecule has 5 nitrogen and oxygen atoms in total. The number of nitrogens with zero attached hydrogens (tertiary/aromatic N) is 2. The molecule has 1 aromatic carbocycles. The molecule has 0 saturated heterocycles. The van der Waals surface area contributed by atoms with Crippen molar-refractivity contribution >= 4 is 10.0 Å². The second-order valence-corrected chi connectivity index (χ2v) is 5.89. The van der Waals surface area contributed by atoms with Gasteiger partial charge in [0.15, 0.2) is 0 Å². The highest BCUT2D eigenvalue weighted by Gasteiger charge is 2.25. The lowest BCUT2D eigenvalue weighted by atomic mass is 10.3. The predicted molar refractivity (Wildman–Crippen MR) is 63.6 cm³/mol. The normalized spacial score (nSPS) is 12.0. The average Bonchev–Trinajstić information content (AvgIpc) is 2.81. The van der Waals surface area contributed by atoms with Crippen molar-refractivity contribution in [2.45, 2.75) is 11.4 Å². The highest BCUT2D eigenvalue weighted by atomic mass is 32.2. The van der Waals surface area contributed by atoms with E-state index in [-0.39, 0.29) is 6.54 Å². The number of aromatic amines is 1. The fourth-order valence-electron chi connectivity index (χ4n) is 1.53. The van der Waals surface area contributed by atoms with Gasteiger partial charge >= 0.3 is 0 Å². The van der Waals surface area contributed by atoms with Crippen LogP contribution in [0.15, 0.2) is 35.5 Å². The van der Waals surface area contributed by atoms with Gasteiger partial charge in [-0.3, -0.25) is 0 Å². The van der Waals surface area contributed by atoms with Crippen molar-refractivity contribution in [1.82, 2.24) is 14.3 Å². The fraction of sp³-hybridized carbons (Fsp3) is 0.182. The molecule has 0 bridgehead atoms. The second-order valence-electron chi connectivity index (χ2n) is 3.87. The molecule has 0 amide bonds. The average molecular weight is 287 g/mol. The van der Waals surface area contributed by atoms with E-state index in [4.69, 9.17) is 0 Å². The van der Waals surface area contributed by atoms with Gasteiger partial charge in [0, 0.05) is 25.5 Å². The Bertz CT molecular complexity index is 671. The van der Waals surface area contributed by atoms with E-state index in [1.54, 1.807) is 6.20 Å². The lowest BCUT2D eigenvalue weighted by Gasteiger charge is -2.16. The Kier molecular flexibility index (Phi) is 3.63. The maximum atomic E-state index is 13.5. The summed E-state index contributed by atoms with van der Waals surface area (Å²) in [5.74, 6) is -1.52. The zero-order valence-electron chi connectivity index (χ0n) is 9.97. The van der Waals surface area contributed by atoms with E-state index in [9.17, 15) is 17.2 Å². The molecule has 0 aliphatic heterocycles. The quantitative estimate of drug-likeness (QED) is 0.927. The van der Waals surface area contributed by atoms with Crippen LogP contribution in [0.1, 0.15) is 5.82 Å². The van der Waals surface area contributed by atoms with Crippen LogP contribution in [0.4, 0.5) is 8.78 Å². The SMILES string of the molecule is CN(Cc1ncc[nH]1)S(=O)(=O)c1ccc(F)cc1F. The molecule has 2 aromatic rings. The maximum Gasteiger partial charge on any atom is 0.246 e. The first-order valence-electron chi connectivity index (χ1n) is 5.31. The molecule has 0 aliphatic rings. The van der Waals surface area contributed by atoms with Gasteiger partial charge in [-0.1, -0.05) is 0 Å². The first-order valence-corrected chi connectivity index (χ1v) is 6.75. The predicted octanol–water partition coefficient (Wildman–Crippen LogP) is 1.51. The van der Waals surface area contributed by atoms with Crippen molar-refractivity contribution < 1.29 is 17.2 Å². The molecule has 19 heavy (non-hydrogen) atoms. The van der Waals surface area contributed by atoms with Crippen LogP contribution >= 0.6 is 0 Å². The summed E-state index contributed by atoms with van der Waals surface area (Å²) in [6.07, 6.45) is 3.03. The van der Waals surface area contributed by atoms with Gasteiger partial charge in [-0.05, 0) is 12.1 Å². The van der Waals surface area contributed by atoms with Crippen LogP contribution < -0.4 is 0 Å². The van der Waals surface area contributed by atoms with Crippen LogP contribution in [-0.2, 0) is 16.6 Å². The molecular formula is C11H11F2N3O2S. The molecule has 8 heteroatoms. The van der Waals surface area contributed by atoms with Crippen molar-refractivity contribution in [3.63, 3.8) is 0 Å². The van der Waals surface area contributed by atoms with Gasteiger partial charge in [0.2, 0.25) is 10.0 Å². The zero-order valence-corrected chi connectivity index (χ0v) is 10.8. The molecular weight excluding hydrogens is 276 g/mol. The summed E-state index contributed by atoms with van der Waals surface area (Å²) >= 11 is 0. The minimum absolute atomic E-state index is 0.0356. The third-order valence-corrected chi connectivity index (χ3v) is 4.35. The number of hydrogen-bond donors (Lipinski definition) is 1. The summed E-state index contributed by atoms with van der Waals surface area (Å²) in [5, 5.41) is 0. The topological polar surface area (TPSA) is 66.1 Å². The summed E-state index contributed by atoms with van der Waals surface area (Å²) in [5.41, 5.74) is 0. The van der Waals surface area contributed by atoms with E-state index in [1.807, 2.05) is 0 Å². The number of rotatable bonds is 4. The van der Waals surface area contributed by atoms with Gasteiger partial charge in [0.25, 0.3) is 0 Å². The minimum atomic E-state index is -4.03. The number of benzene rings is 1. The van der Waals surface area contributed by atoms with Crippen LogP contribution in [0.3, 0.4) is 0 Å². The number of H-pyrrole nitrogens is 1. The highest BCUT2D eigenvalue weighted by molar-refractivity contribution is 7.89. The fourth-order valence-corrected chi connectivity index (χ4v) is 2.71. The Hall–Kier alpha value is -1.80. The summed E-state index contributed by atoms with van der Waals surface area (Å²) < 4.78 is 51.5. The van der Waals surface area contributed by atoms with E-state index in [2.05, 4.69) is 9.97 Å². The van der Waals surface area contributed by atoms with Crippen molar-refractivity contribution in [2.75, 3.05) is 7.05 Å². The van der Waals surface area contributed by atoms with Crippen molar-refractivity contribution in [1.29, 1.82) is 0 Å². The molecule has 1 N–H and O–H groups in total. The molecule has 0 aliphatic carbocycles. The van der Waals surface area contributed by atoms with E-state index >= 15 is 0 Å².